The van der Waals surface area contributed by atoms with Crippen LogP contribution in [0.1, 0.15) is 6.92 Å². The molecule has 0 radical (unpaired) electrons. The number of carbonyl (C=O) groups excluding carboxylic acids is 1. The van der Waals surface area contributed by atoms with Crippen LogP contribution >= 0.6 is 12.6 Å². The van der Waals surface area contributed by atoms with Crippen molar-refractivity contribution in [3.63, 3.8) is 0 Å². The lowest BCUT2D eigenvalue weighted by Crippen LogP contribution is -2.08. The highest BCUT2D eigenvalue weighted by Gasteiger charge is 1.97. The molecule has 1 atom stereocenters. The molecule has 0 aliphatic carbocycles. The monoisotopic (exact) mass is 146 g/mol. The van der Waals surface area contributed by atoms with Crippen LogP contribution < -0.4 is 0 Å². The fraction of sp³-hybridized carbons (Fsp3) is 0.500. The number of hydrogen-bond acceptors (Lipinski definition) is 3. The number of rotatable bonds is 3. The molecule has 0 spiro atoms. The molecule has 0 N–H and O–H groups in total. The Balaban J connectivity index is 3.27. The Labute approximate surface area is 60.3 Å². The summed E-state index contributed by atoms with van der Waals surface area (Å²) >= 11 is 4.00. The van der Waals surface area contributed by atoms with Crippen LogP contribution in [0.25, 0.3) is 0 Å². The van der Waals surface area contributed by atoms with E-state index in [4.69, 9.17) is 0 Å². The van der Waals surface area contributed by atoms with E-state index in [1.54, 1.807) is 0 Å². The topological polar surface area (TPSA) is 26.3 Å². The lowest BCUT2D eigenvalue weighted by molar-refractivity contribution is -0.137. The number of ether oxygens (including phenoxy) is 1. The van der Waals surface area contributed by atoms with E-state index >= 15 is 0 Å². The van der Waals surface area contributed by atoms with E-state index in [1.165, 1.54) is 0 Å². The van der Waals surface area contributed by atoms with Gasteiger partial charge in [0, 0.05) is 11.3 Å². The van der Waals surface area contributed by atoms with Crippen LogP contribution in [-0.4, -0.2) is 17.8 Å². The first-order valence-electron chi connectivity index (χ1n) is 2.64. The Morgan fingerprint density at radius 2 is 2.56 bits per heavy atom. The first kappa shape index (κ1) is 8.56. The van der Waals surface area contributed by atoms with Gasteiger partial charge in [0.25, 0.3) is 0 Å². The van der Waals surface area contributed by atoms with Crippen LogP contribution in [0.3, 0.4) is 0 Å². The Hall–Kier alpha value is -0.440. The summed E-state index contributed by atoms with van der Waals surface area (Å²) in [7, 11) is 0. The molecule has 0 saturated heterocycles. The van der Waals surface area contributed by atoms with Crippen molar-refractivity contribution in [1.29, 1.82) is 0 Å². The quantitative estimate of drug-likeness (QED) is 0.366. The van der Waals surface area contributed by atoms with Gasteiger partial charge in [-0.25, -0.2) is 4.79 Å². The number of thiol groups is 1. The van der Waals surface area contributed by atoms with Crippen molar-refractivity contribution in [3.05, 3.63) is 12.7 Å². The second-order valence-electron chi connectivity index (χ2n) is 1.68. The molecule has 0 saturated carbocycles. The van der Waals surface area contributed by atoms with Gasteiger partial charge in [-0.3, -0.25) is 0 Å². The van der Waals surface area contributed by atoms with Crippen molar-refractivity contribution in [2.45, 2.75) is 12.2 Å². The highest BCUT2D eigenvalue weighted by atomic mass is 32.1. The van der Waals surface area contributed by atoms with E-state index in [9.17, 15) is 4.79 Å². The van der Waals surface area contributed by atoms with Gasteiger partial charge in [-0.05, 0) is 0 Å². The molecule has 0 aromatic carbocycles. The van der Waals surface area contributed by atoms with Crippen molar-refractivity contribution in [2.24, 2.45) is 0 Å². The molecule has 52 valence electrons. The Kier molecular flexibility index (Phi) is 4.22. The van der Waals surface area contributed by atoms with Crippen molar-refractivity contribution in [3.8, 4) is 0 Å². The van der Waals surface area contributed by atoms with Gasteiger partial charge in [0.1, 0.15) is 6.61 Å². The lowest BCUT2D eigenvalue weighted by Gasteiger charge is -2.02. The summed E-state index contributed by atoms with van der Waals surface area (Å²) in [5.74, 6) is -0.393. The highest BCUT2D eigenvalue weighted by Crippen LogP contribution is 1.92. The zero-order valence-corrected chi connectivity index (χ0v) is 6.23. The minimum absolute atomic E-state index is 0.0916. The molecule has 0 heterocycles. The van der Waals surface area contributed by atoms with Gasteiger partial charge in [0.15, 0.2) is 0 Å². The van der Waals surface area contributed by atoms with Gasteiger partial charge < -0.3 is 4.74 Å². The molecule has 0 aromatic heterocycles. The second kappa shape index (κ2) is 4.44. The molecule has 1 unspecified atom stereocenters. The number of carbonyl (C=O) groups is 1. The Bertz CT molecular complexity index is 110. The normalized spacial score (nSPS) is 12.2. The van der Waals surface area contributed by atoms with E-state index in [0.717, 1.165) is 6.08 Å². The maximum absolute atomic E-state index is 10.3. The van der Waals surface area contributed by atoms with Gasteiger partial charge in [-0.15, -0.1) is 0 Å². The van der Waals surface area contributed by atoms with Crippen LogP contribution in [-0.2, 0) is 9.53 Å². The van der Waals surface area contributed by atoms with Gasteiger partial charge >= 0.3 is 5.97 Å². The molecule has 2 nitrogen and oxygen atoms in total. The van der Waals surface area contributed by atoms with E-state index in [-0.39, 0.29) is 5.25 Å². The maximum Gasteiger partial charge on any atom is 0.330 e. The summed E-state index contributed by atoms with van der Waals surface area (Å²) in [5.41, 5.74) is 0. The molecule has 3 heteroatoms. The molecular formula is C6H10O2S. The Morgan fingerprint density at radius 3 is 2.89 bits per heavy atom. The summed E-state index contributed by atoms with van der Waals surface area (Å²) in [4.78, 5) is 10.3. The zero-order chi connectivity index (χ0) is 7.28. The van der Waals surface area contributed by atoms with E-state index in [1.807, 2.05) is 6.92 Å². The number of hydrogen-bond donors (Lipinski definition) is 1. The van der Waals surface area contributed by atoms with Gasteiger partial charge in [0.05, 0.1) is 0 Å². The van der Waals surface area contributed by atoms with Crippen LogP contribution in [0, 0.1) is 0 Å². The smallest absolute Gasteiger partial charge is 0.330 e. The van der Waals surface area contributed by atoms with Gasteiger partial charge in [-0.2, -0.15) is 12.6 Å². The first-order chi connectivity index (χ1) is 4.16. The molecular weight excluding hydrogens is 136 g/mol. The predicted molar refractivity (Wildman–Crippen MR) is 39.6 cm³/mol. The van der Waals surface area contributed by atoms with Crippen LogP contribution in [0.2, 0.25) is 0 Å². The summed E-state index contributed by atoms with van der Waals surface area (Å²) in [6.07, 6.45) is 1.14. The molecule has 9 heavy (non-hydrogen) atoms. The van der Waals surface area contributed by atoms with Gasteiger partial charge in [0.2, 0.25) is 0 Å². The van der Waals surface area contributed by atoms with E-state index < -0.39 is 5.97 Å². The third-order valence-electron chi connectivity index (χ3n) is 0.633. The summed E-state index contributed by atoms with van der Waals surface area (Å²) in [6, 6.07) is 0. The molecule has 0 fully saturated rings. The molecule has 0 aromatic rings. The largest absolute Gasteiger partial charge is 0.461 e. The standard InChI is InChI=1S/C6H10O2S/c1-3-6(7)8-4-5(2)9/h3,5,9H,1,4H2,2H3. The number of esters is 1. The molecule has 0 aliphatic heterocycles. The summed E-state index contributed by atoms with van der Waals surface area (Å²) in [6.45, 7) is 5.43. The third kappa shape index (κ3) is 5.43. The minimum Gasteiger partial charge on any atom is -0.461 e. The summed E-state index contributed by atoms with van der Waals surface area (Å²) in [5, 5.41) is 0.0916. The van der Waals surface area contributed by atoms with Crippen LogP contribution in [0.5, 0.6) is 0 Å². The minimum atomic E-state index is -0.393. The van der Waals surface area contributed by atoms with Crippen molar-refractivity contribution >= 4 is 18.6 Å². The lowest BCUT2D eigenvalue weighted by atomic mass is 10.5. The van der Waals surface area contributed by atoms with Crippen LogP contribution in [0.15, 0.2) is 12.7 Å². The maximum atomic E-state index is 10.3. The molecule has 0 aliphatic rings. The fourth-order valence-electron chi connectivity index (χ4n) is 0.262. The molecule has 0 amide bonds. The average molecular weight is 146 g/mol. The Morgan fingerprint density at radius 1 is 2.00 bits per heavy atom. The zero-order valence-electron chi connectivity index (χ0n) is 5.33. The van der Waals surface area contributed by atoms with E-state index in [2.05, 4.69) is 23.9 Å². The first-order valence-corrected chi connectivity index (χ1v) is 3.15. The van der Waals surface area contributed by atoms with Crippen molar-refractivity contribution in [1.82, 2.24) is 0 Å². The van der Waals surface area contributed by atoms with Gasteiger partial charge in [-0.1, -0.05) is 13.5 Å². The molecule has 0 rings (SSSR count). The predicted octanol–water partition coefficient (Wildman–Crippen LogP) is 1.03. The van der Waals surface area contributed by atoms with Crippen molar-refractivity contribution < 1.29 is 9.53 Å². The van der Waals surface area contributed by atoms with E-state index in [0.29, 0.717) is 6.61 Å². The fourth-order valence-corrected chi connectivity index (χ4v) is 0.336. The summed E-state index contributed by atoms with van der Waals surface area (Å²) < 4.78 is 4.62. The van der Waals surface area contributed by atoms with Crippen LogP contribution in [0.4, 0.5) is 0 Å². The molecule has 0 bridgehead atoms. The third-order valence-corrected chi connectivity index (χ3v) is 0.783. The second-order valence-corrected chi connectivity index (χ2v) is 2.56. The highest BCUT2D eigenvalue weighted by molar-refractivity contribution is 7.80. The SMILES string of the molecule is C=CC(=O)OCC(C)S. The van der Waals surface area contributed by atoms with Crippen molar-refractivity contribution in [2.75, 3.05) is 6.61 Å². The average Bonchev–Trinajstić information content (AvgIpc) is 1.83.